The number of primary amides is 1. The number of halogens is 1. The van der Waals surface area contributed by atoms with Crippen LogP contribution in [-0.4, -0.2) is 12.2 Å². The van der Waals surface area contributed by atoms with Gasteiger partial charge in [0.1, 0.15) is 12.1 Å². The Balaban J connectivity index is 3.41. The van der Waals surface area contributed by atoms with Crippen molar-refractivity contribution in [2.24, 2.45) is 5.73 Å². The minimum atomic E-state index is -0.736. The van der Waals surface area contributed by atoms with E-state index in [0.29, 0.717) is 6.29 Å². The van der Waals surface area contributed by atoms with Crippen LogP contribution in [0.5, 0.6) is 0 Å². The first-order valence-electron chi connectivity index (χ1n) is 3.61. The fourth-order valence-corrected chi connectivity index (χ4v) is 1.02. The van der Waals surface area contributed by atoms with Crippen molar-refractivity contribution in [2.45, 2.75) is 6.92 Å². The number of benzene rings is 1. The van der Waals surface area contributed by atoms with Crippen molar-refractivity contribution in [1.82, 2.24) is 0 Å². The summed E-state index contributed by atoms with van der Waals surface area (Å²) in [6, 6.07) is 2.34. The molecule has 13 heavy (non-hydrogen) atoms. The molecule has 2 N–H and O–H groups in total. The van der Waals surface area contributed by atoms with Gasteiger partial charge in [-0.1, -0.05) is 0 Å². The lowest BCUT2D eigenvalue weighted by Gasteiger charge is -2.03. The maximum Gasteiger partial charge on any atom is 0.249 e. The number of carbonyl (C=O) groups excluding carboxylic acids is 2. The topological polar surface area (TPSA) is 60.2 Å². The third-order valence-electron chi connectivity index (χ3n) is 1.77. The van der Waals surface area contributed by atoms with Crippen molar-refractivity contribution in [3.63, 3.8) is 0 Å². The SMILES string of the molecule is Cc1c(F)cc(C=O)cc1C(N)=O. The molecule has 0 fully saturated rings. The molecule has 1 aromatic rings. The summed E-state index contributed by atoms with van der Waals surface area (Å²) in [5, 5.41) is 0. The number of hydrogen-bond acceptors (Lipinski definition) is 2. The predicted molar refractivity (Wildman–Crippen MR) is 45.0 cm³/mol. The molecule has 1 rings (SSSR count). The highest BCUT2D eigenvalue weighted by Gasteiger charge is 2.10. The molecule has 0 atom stereocenters. The van der Waals surface area contributed by atoms with Gasteiger partial charge in [-0.2, -0.15) is 0 Å². The first kappa shape index (κ1) is 9.38. The number of rotatable bonds is 2. The molecule has 0 saturated carbocycles. The van der Waals surface area contributed by atoms with Gasteiger partial charge in [-0.05, 0) is 24.6 Å². The fraction of sp³-hybridized carbons (Fsp3) is 0.111. The molecule has 0 aliphatic carbocycles. The van der Waals surface area contributed by atoms with E-state index in [9.17, 15) is 14.0 Å². The minimum absolute atomic E-state index is 0.0436. The van der Waals surface area contributed by atoms with Crippen LogP contribution in [0, 0.1) is 12.7 Å². The second-order valence-electron chi connectivity index (χ2n) is 2.66. The number of hydrogen-bond donors (Lipinski definition) is 1. The molecule has 0 heterocycles. The molecule has 0 aliphatic heterocycles. The van der Waals surface area contributed by atoms with Gasteiger partial charge in [0, 0.05) is 11.1 Å². The average Bonchev–Trinajstić information content (AvgIpc) is 2.09. The van der Waals surface area contributed by atoms with Crippen molar-refractivity contribution in [2.75, 3.05) is 0 Å². The molecule has 1 aromatic carbocycles. The van der Waals surface area contributed by atoms with Gasteiger partial charge < -0.3 is 5.73 Å². The molecule has 0 bridgehead atoms. The third kappa shape index (κ3) is 1.72. The van der Waals surface area contributed by atoms with E-state index >= 15 is 0 Å². The second kappa shape index (κ2) is 3.35. The first-order valence-corrected chi connectivity index (χ1v) is 3.61. The molecule has 68 valence electrons. The summed E-state index contributed by atoms with van der Waals surface area (Å²) in [5.41, 5.74) is 5.30. The Morgan fingerprint density at radius 1 is 1.54 bits per heavy atom. The van der Waals surface area contributed by atoms with E-state index in [1.165, 1.54) is 13.0 Å². The van der Waals surface area contributed by atoms with E-state index in [1.54, 1.807) is 0 Å². The van der Waals surface area contributed by atoms with Gasteiger partial charge in [-0.25, -0.2) is 4.39 Å². The van der Waals surface area contributed by atoms with Gasteiger partial charge >= 0.3 is 0 Å². The standard InChI is InChI=1S/C9H8FNO2/c1-5-7(9(11)13)2-6(4-12)3-8(5)10/h2-4H,1H3,(H2,11,13). The Morgan fingerprint density at radius 2 is 2.15 bits per heavy atom. The number of carbonyl (C=O) groups is 2. The van der Waals surface area contributed by atoms with Gasteiger partial charge in [-0.15, -0.1) is 0 Å². The van der Waals surface area contributed by atoms with Crippen LogP contribution < -0.4 is 5.73 Å². The van der Waals surface area contributed by atoms with Gasteiger partial charge in [0.25, 0.3) is 0 Å². The van der Waals surface area contributed by atoms with E-state index in [1.807, 2.05) is 0 Å². The van der Waals surface area contributed by atoms with Crippen molar-refractivity contribution in [1.29, 1.82) is 0 Å². The maximum absolute atomic E-state index is 13.0. The molecule has 1 amide bonds. The lowest BCUT2D eigenvalue weighted by molar-refractivity contribution is 0.0999. The normalized spacial score (nSPS) is 9.69. The Bertz CT molecular complexity index is 374. The van der Waals surface area contributed by atoms with Gasteiger partial charge in [0.05, 0.1) is 0 Å². The molecule has 0 unspecified atom stereocenters. The lowest BCUT2D eigenvalue weighted by Crippen LogP contribution is -2.14. The summed E-state index contributed by atoms with van der Waals surface area (Å²) in [5.74, 6) is -1.33. The zero-order valence-electron chi connectivity index (χ0n) is 7.00. The Hall–Kier alpha value is -1.71. The zero-order chi connectivity index (χ0) is 10.0. The molecule has 3 nitrogen and oxygen atoms in total. The maximum atomic E-state index is 13.0. The molecule has 4 heteroatoms. The van der Waals surface area contributed by atoms with E-state index in [-0.39, 0.29) is 16.7 Å². The number of aldehydes is 1. The third-order valence-corrected chi connectivity index (χ3v) is 1.77. The van der Waals surface area contributed by atoms with Crippen LogP contribution in [0.4, 0.5) is 4.39 Å². The fourth-order valence-electron chi connectivity index (χ4n) is 1.02. The van der Waals surface area contributed by atoms with E-state index < -0.39 is 11.7 Å². The zero-order valence-corrected chi connectivity index (χ0v) is 7.00. The monoisotopic (exact) mass is 181 g/mol. The number of amides is 1. The van der Waals surface area contributed by atoms with Crippen LogP contribution in [-0.2, 0) is 0 Å². The highest BCUT2D eigenvalue weighted by Crippen LogP contribution is 2.14. The average molecular weight is 181 g/mol. The highest BCUT2D eigenvalue weighted by atomic mass is 19.1. The number of nitrogens with two attached hydrogens (primary N) is 1. The quantitative estimate of drug-likeness (QED) is 0.693. The van der Waals surface area contributed by atoms with Gasteiger partial charge in [-0.3, -0.25) is 9.59 Å². The summed E-state index contributed by atoms with van der Waals surface area (Å²) < 4.78 is 13.0. The van der Waals surface area contributed by atoms with Crippen molar-refractivity contribution in [3.05, 3.63) is 34.6 Å². The van der Waals surface area contributed by atoms with Crippen molar-refractivity contribution >= 4 is 12.2 Å². The summed E-state index contributed by atoms with van der Waals surface area (Å²) in [6.07, 6.45) is 0.467. The smallest absolute Gasteiger partial charge is 0.249 e. The van der Waals surface area contributed by atoms with Crippen molar-refractivity contribution < 1.29 is 14.0 Å². The summed E-state index contributed by atoms with van der Waals surface area (Å²) in [6.45, 7) is 1.43. The van der Waals surface area contributed by atoms with Crippen LogP contribution in [0.3, 0.4) is 0 Å². The molecule has 0 aliphatic rings. The molecule has 0 radical (unpaired) electrons. The van der Waals surface area contributed by atoms with Crippen molar-refractivity contribution in [3.8, 4) is 0 Å². The summed E-state index contributed by atoms with van der Waals surface area (Å²) in [4.78, 5) is 21.1. The van der Waals surface area contributed by atoms with E-state index in [4.69, 9.17) is 5.73 Å². The van der Waals surface area contributed by atoms with Crippen LogP contribution in [0.25, 0.3) is 0 Å². The first-order chi connectivity index (χ1) is 6.06. The van der Waals surface area contributed by atoms with E-state index in [2.05, 4.69) is 0 Å². The predicted octanol–water partition coefficient (Wildman–Crippen LogP) is 1.05. The van der Waals surface area contributed by atoms with Crippen LogP contribution >= 0.6 is 0 Å². The molecular weight excluding hydrogens is 173 g/mol. The minimum Gasteiger partial charge on any atom is -0.366 e. The van der Waals surface area contributed by atoms with Gasteiger partial charge in [0.15, 0.2) is 0 Å². The largest absolute Gasteiger partial charge is 0.366 e. The Kier molecular flexibility index (Phi) is 2.41. The van der Waals surface area contributed by atoms with Crippen LogP contribution in [0.2, 0.25) is 0 Å². The second-order valence-corrected chi connectivity index (χ2v) is 2.66. The van der Waals surface area contributed by atoms with E-state index in [0.717, 1.165) is 6.07 Å². The summed E-state index contributed by atoms with van der Waals surface area (Å²) in [7, 11) is 0. The lowest BCUT2D eigenvalue weighted by atomic mass is 10.0. The molecule has 0 saturated heterocycles. The van der Waals surface area contributed by atoms with Crippen LogP contribution in [0.15, 0.2) is 12.1 Å². The summed E-state index contributed by atoms with van der Waals surface area (Å²) >= 11 is 0. The molecule has 0 spiro atoms. The van der Waals surface area contributed by atoms with Crippen LogP contribution in [0.1, 0.15) is 26.3 Å². The molecule has 0 aromatic heterocycles. The Morgan fingerprint density at radius 3 is 2.62 bits per heavy atom. The molecular formula is C9H8FNO2. The van der Waals surface area contributed by atoms with Gasteiger partial charge in [0.2, 0.25) is 5.91 Å². The highest BCUT2D eigenvalue weighted by molar-refractivity contribution is 5.96. The Labute approximate surface area is 74.4 Å².